The van der Waals surface area contributed by atoms with E-state index >= 15 is 0 Å². The maximum absolute atomic E-state index is 11.2. The van der Waals surface area contributed by atoms with Gasteiger partial charge in [-0.1, -0.05) is 0 Å². The van der Waals surface area contributed by atoms with E-state index in [0.717, 1.165) is 0 Å². The SMILES string of the molecule is COC(=O)C1(NC(=O)NC(C)=O)CC1. The van der Waals surface area contributed by atoms with E-state index < -0.39 is 23.4 Å². The van der Waals surface area contributed by atoms with Gasteiger partial charge in [0.25, 0.3) is 0 Å². The van der Waals surface area contributed by atoms with Crippen molar-refractivity contribution in [2.75, 3.05) is 7.11 Å². The molecule has 0 bridgehead atoms. The molecule has 0 aromatic heterocycles. The van der Waals surface area contributed by atoms with E-state index in [2.05, 4.69) is 10.1 Å². The Morgan fingerprint density at radius 1 is 1.29 bits per heavy atom. The fourth-order valence-corrected chi connectivity index (χ4v) is 1.11. The highest BCUT2D eigenvalue weighted by atomic mass is 16.5. The maximum Gasteiger partial charge on any atom is 0.331 e. The van der Waals surface area contributed by atoms with Gasteiger partial charge < -0.3 is 10.1 Å². The topological polar surface area (TPSA) is 84.5 Å². The van der Waals surface area contributed by atoms with Crippen molar-refractivity contribution >= 4 is 17.9 Å². The first-order chi connectivity index (χ1) is 6.50. The van der Waals surface area contributed by atoms with Crippen LogP contribution in [0.25, 0.3) is 0 Å². The van der Waals surface area contributed by atoms with Crippen LogP contribution in [-0.2, 0) is 14.3 Å². The molecule has 0 spiro atoms. The van der Waals surface area contributed by atoms with Crippen molar-refractivity contribution in [2.24, 2.45) is 0 Å². The Morgan fingerprint density at radius 3 is 2.21 bits per heavy atom. The number of carbonyl (C=O) groups is 3. The number of carbonyl (C=O) groups excluding carboxylic acids is 3. The van der Waals surface area contributed by atoms with Crippen LogP contribution in [0.15, 0.2) is 0 Å². The van der Waals surface area contributed by atoms with Crippen LogP contribution in [0.5, 0.6) is 0 Å². The molecule has 0 aromatic carbocycles. The van der Waals surface area contributed by atoms with Gasteiger partial charge >= 0.3 is 12.0 Å². The molecule has 2 N–H and O–H groups in total. The van der Waals surface area contributed by atoms with E-state index in [0.29, 0.717) is 12.8 Å². The van der Waals surface area contributed by atoms with Crippen molar-refractivity contribution in [2.45, 2.75) is 25.3 Å². The second-order valence-electron chi connectivity index (χ2n) is 3.21. The maximum atomic E-state index is 11.2. The summed E-state index contributed by atoms with van der Waals surface area (Å²) in [5.74, 6) is -0.945. The molecule has 1 fully saturated rings. The second-order valence-corrected chi connectivity index (χ2v) is 3.21. The summed E-state index contributed by atoms with van der Waals surface area (Å²) in [5, 5.41) is 4.43. The van der Waals surface area contributed by atoms with Crippen molar-refractivity contribution in [3.63, 3.8) is 0 Å². The smallest absolute Gasteiger partial charge is 0.331 e. The zero-order chi connectivity index (χ0) is 10.8. The lowest BCUT2D eigenvalue weighted by atomic mass is 10.3. The van der Waals surface area contributed by atoms with Crippen LogP contribution in [0, 0.1) is 0 Å². The Bertz CT molecular complexity index is 283. The molecule has 1 rings (SSSR count). The largest absolute Gasteiger partial charge is 0.467 e. The molecule has 0 aromatic rings. The molecule has 0 aliphatic heterocycles. The third-order valence-corrected chi connectivity index (χ3v) is 1.97. The number of imide groups is 1. The van der Waals surface area contributed by atoms with Crippen LogP contribution in [-0.4, -0.2) is 30.6 Å². The quantitative estimate of drug-likeness (QED) is 0.590. The van der Waals surface area contributed by atoms with Gasteiger partial charge in [-0.2, -0.15) is 0 Å². The highest BCUT2D eigenvalue weighted by molar-refractivity contribution is 5.97. The summed E-state index contributed by atoms with van der Waals surface area (Å²) in [6.07, 6.45) is 1.09. The number of urea groups is 1. The van der Waals surface area contributed by atoms with Crippen molar-refractivity contribution < 1.29 is 19.1 Å². The van der Waals surface area contributed by atoms with E-state index in [4.69, 9.17) is 0 Å². The molecule has 0 saturated heterocycles. The molecule has 0 atom stereocenters. The number of esters is 1. The van der Waals surface area contributed by atoms with Crippen LogP contribution in [0.2, 0.25) is 0 Å². The molecule has 1 aliphatic rings. The molecule has 6 heteroatoms. The van der Waals surface area contributed by atoms with Gasteiger partial charge in [-0.05, 0) is 12.8 Å². The van der Waals surface area contributed by atoms with Gasteiger partial charge in [0.05, 0.1) is 7.11 Å². The summed E-state index contributed by atoms with van der Waals surface area (Å²) in [5.41, 5.74) is -0.908. The minimum absolute atomic E-state index is 0.469. The molecule has 14 heavy (non-hydrogen) atoms. The minimum atomic E-state index is -0.908. The molecular weight excluding hydrogens is 188 g/mol. The van der Waals surface area contributed by atoms with E-state index in [9.17, 15) is 14.4 Å². The first-order valence-corrected chi connectivity index (χ1v) is 4.18. The van der Waals surface area contributed by atoms with Gasteiger partial charge in [0.1, 0.15) is 5.54 Å². The molecule has 1 saturated carbocycles. The lowest BCUT2D eigenvalue weighted by Gasteiger charge is -2.14. The van der Waals surface area contributed by atoms with Crippen molar-refractivity contribution in [3.05, 3.63) is 0 Å². The average molecular weight is 200 g/mol. The first-order valence-electron chi connectivity index (χ1n) is 4.18. The summed E-state index contributed by atoms with van der Waals surface area (Å²) in [6, 6.07) is -0.666. The predicted molar refractivity (Wildman–Crippen MR) is 46.3 cm³/mol. The third-order valence-electron chi connectivity index (χ3n) is 1.97. The van der Waals surface area contributed by atoms with Crippen LogP contribution >= 0.6 is 0 Å². The molecule has 6 nitrogen and oxygen atoms in total. The summed E-state index contributed by atoms with van der Waals surface area (Å²) < 4.78 is 4.52. The van der Waals surface area contributed by atoms with E-state index in [1.165, 1.54) is 14.0 Å². The standard InChI is InChI=1S/C8H12N2O4/c1-5(11)9-7(13)10-8(3-4-8)6(12)14-2/h3-4H2,1-2H3,(H2,9,10,11,13). The van der Waals surface area contributed by atoms with Crippen LogP contribution < -0.4 is 10.6 Å². The fourth-order valence-electron chi connectivity index (χ4n) is 1.11. The monoisotopic (exact) mass is 200 g/mol. The first kappa shape index (κ1) is 10.5. The van der Waals surface area contributed by atoms with Crippen molar-refractivity contribution in [1.82, 2.24) is 10.6 Å². The van der Waals surface area contributed by atoms with Crippen LogP contribution in [0.3, 0.4) is 0 Å². The summed E-state index contributed by atoms with van der Waals surface area (Å²) in [7, 11) is 1.26. The Morgan fingerprint density at radius 2 is 1.86 bits per heavy atom. The predicted octanol–water partition coefficient (Wildman–Crippen LogP) is -0.462. The van der Waals surface area contributed by atoms with E-state index in [1.54, 1.807) is 0 Å². The molecular formula is C8H12N2O4. The number of hydrogen-bond acceptors (Lipinski definition) is 4. The van der Waals surface area contributed by atoms with Gasteiger partial charge in [-0.15, -0.1) is 0 Å². The fraction of sp³-hybridized carbons (Fsp3) is 0.625. The normalized spacial score (nSPS) is 16.7. The van der Waals surface area contributed by atoms with Crippen LogP contribution in [0.1, 0.15) is 19.8 Å². The minimum Gasteiger partial charge on any atom is -0.467 e. The van der Waals surface area contributed by atoms with Crippen molar-refractivity contribution in [1.29, 1.82) is 0 Å². The van der Waals surface area contributed by atoms with Gasteiger partial charge in [0.2, 0.25) is 5.91 Å². The second kappa shape index (κ2) is 3.65. The Labute approximate surface area is 81.0 Å². The molecule has 0 heterocycles. The molecule has 1 aliphatic carbocycles. The molecule has 0 unspecified atom stereocenters. The Balaban J connectivity index is 2.48. The molecule has 78 valence electrons. The van der Waals surface area contributed by atoms with Gasteiger partial charge in [-0.3, -0.25) is 10.1 Å². The summed E-state index contributed by atoms with van der Waals surface area (Å²) in [6.45, 7) is 1.22. The summed E-state index contributed by atoms with van der Waals surface area (Å²) >= 11 is 0. The van der Waals surface area contributed by atoms with Gasteiger partial charge in [0, 0.05) is 6.92 Å². The van der Waals surface area contributed by atoms with Crippen LogP contribution in [0.4, 0.5) is 4.79 Å². The van der Waals surface area contributed by atoms with Gasteiger partial charge in [0.15, 0.2) is 0 Å². The third kappa shape index (κ3) is 2.21. The zero-order valence-corrected chi connectivity index (χ0v) is 8.05. The highest BCUT2D eigenvalue weighted by Crippen LogP contribution is 2.36. The number of nitrogens with one attached hydrogen (secondary N) is 2. The zero-order valence-electron chi connectivity index (χ0n) is 8.05. The number of amides is 3. The van der Waals surface area contributed by atoms with Crippen molar-refractivity contribution in [3.8, 4) is 0 Å². The number of rotatable bonds is 2. The molecule has 3 amide bonds. The number of ether oxygens (including phenoxy) is 1. The van der Waals surface area contributed by atoms with Gasteiger partial charge in [-0.25, -0.2) is 9.59 Å². The molecule has 0 radical (unpaired) electrons. The lowest BCUT2D eigenvalue weighted by Crippen LogP contribution is -2.49. The Kier molecular flexibility index (Phi) is 2.73. The summed E-state index contributed by atoms with van der Waals surface area (Å²) in [4.78, 5) is 32.8. The number of methoxy groups -OCH3 is 1. The van der Waals surface area contributed by atoms with E-state index in [-0.39, 0.29) is 0 Å². The lowest BCUT2D eigenvalue weighted by molar-refractivity contribution is -0.144. The van der Waals surface area contributed by atoms with E-state index in [1.807, 2.05) is 5.32 Å². The highest BCUT2D eigenvalue weighted by Gasteiger charge is 2.52. The Hall–Kier alpha value is -1.59. The number of hydrogen-bond donors (Lipinski definition) is 2. The average Bonchev–Trinajstić information content (AvgIpc) is 2.82.